The van der Waals surface area contributed by atoms with Crippen molar-refractivity contribution in [1.29, 1.82) is 0 Å². The summed E-state index contributed by atoms with van der Waals surface area (Å²) in [6.45, 7) is 4.60. The normalized spacial score (nSPS) is 31.1. The topological polar surface area (TPSA) is 12.0 Å². The first-order chi connectivity index (χ1) is 7.66. The van der Waals surface area contributed by atoms with Crippen LogP contribution in [0.3, 0.4) is 0 Å². The lowest BCUT2D eigenvalue weighted by molar-refractivity contribution is 0.456. The van der Waals surface area contributed by atoms with Gasteiger partial charge in [0.2, 0.25) is 0 Å². The Morgan fingerprint density at radius 3 is 2.62 bits per heavy atom. The highest BCUT2D eigenvalue weighted by atomic mass is 79.9. The average molecular weight is 300 g/mol. The maximum absolute atomic E-state index is 3.73. The summed E-state index contributed by atoms with van der Waals surface area (Å²) in [5.41, 5.74) is 1.40. The third-order valence-electron chi connectivity index (χ3n) is 3.09. The van der Waals surface area contributed by atoms with Gasteiger partial charge in [0.15, 0.2) is 0 Å². The van der Waals surface area contributed by atoms with Crippen molar-refractivity contribution in [2.24, 2.45) is 0 Å². The van der Waals surface area contributed by atoms with Gasteiger partial charge in [0.25, 0.3) is 0 Å². The van der Waals surface area contributed by atoms with E-state index in [1.165, 1.54) is 17.7 Å². The Hall–Kier alpha value is 0.01000. The van der Waals surface area contributed by atoms with E-state index in [9.17, 15) is 0 Å². The molecule has 0 aliphatic carbocycles. The lowest BCUT2D eigenvalue weighted by Crippen LogP contribution is -2.33. The molecule has 0 radical (unpaired) electrons. The quantitative estimate of drug-likeness (QED) is 0.841. The van der Waals surface area contributed by atoms with Crippen molar-refractivity contribution in [1.82, 2.24) is 5.32 Å². The number of benzene rings is 1. The summed E-state index contributed by atoms with van der Waals surface area (Å²) in [5, 5.41) is 4.37. The van der Waals surface area contributed by atoms with Crippen LogP contribution in [-0.4, -0.2) is 17.0 Å². The summed E-state index contributed by atoms with van der Waals surface area (Å²) in [7, 11) is 0. The molecule has 1 heterocycles. The number of halogens is 1. The number of thioether (sulfide) groups is 1. The molecule has 0 amide bonds. The van der Waals surface area contributed by atoms with Gasteiger partial charge in [0.05, 0.1) is 0 Å². The third kappa shape index (κ3) is 3.02. The fraction of sp³-hybridized carbons (Fsp3) is 0.538. The van der Waals surface area contributed by atoms with Crippen LogP contribution in [0.25, 0.3) is 0 Å². The van der Waals surface area contributed by atoms with Crippen LogP contribution in [0.5, 0.6) is 0 Å². The van der Waals surface area contributed by atoms with Crippen LogP contribution < -0.4 is 5.32 Å². The largest absolute Gasteiger partial charge is 0.306 e. The Morgan fingerprint density at radius 1 is 1.25 bits per heavy atom. The minimum atomic E-state index is 0.482. The van der Waals surface area contributed by atoms with Crippen LogP contribution in [0.15, 0.2) is 28.7 Å². The van der Waals surface area contributed by atoms with E-state index in [0.29, 0.717) is 17.3 Å². The standard InChI is InChI=1S/C13H18BrNS/c1-9-7-8-16-10(2)13(15-9)11-3-5-12(14)6-4-11/h3-6,9-10,13,15H,7-8H2,1-2H3. The zero-order chi connectivity index (χ0) is 11.5. The summed E-state index contributed by atoms with van der Waals surface area (Å²) in [6.07, 6.45) is 1.27. The van der Waals surface area contributed by atoms with Gasteiger partial charge in [0.1, 0.15) is 0 Å². The summed E-state index contributed by atoms with van der Waals surface area (Å²) in [4.78, 5) is 0. The van der Waals surface area contributed by atoms with Crippen LogP contribution in [0.2, 0.25) is 0 Å². The molecule has 1 aliphatic rings. The Balaban J connectivity index is 2.19. The first-order valence-electron chi connectivity index (χ1n) is 5.80. The molecule has 3 heteroatoms. The zero-order valence-electron chi connectivity index (χ0n) is 9.74. The van der Waals surface area contributed by atoms with Crippen molar-refractivity contribution in [3.63, 3.8) is 0 Å². The van der Waals surface area contributed by atoms with Gasteiger partial charge in [-0.1, -0.05) is 35.0 Å². The predicted molar refractivity (Wildman–Crippen MR) is 76.0 cm³/mol. The monoisotopic (exact) mass is 299 g/mol. The summed E-state index contributed by atoms with van der Waals surface area (Å²) in [5.74, 6) is 1.27. The number of rotatable bonds is 1. The summed E-state index contributed by atoms with van der Waals surface area (Å²) in [6, 6.07) is 9.79. The predicted octanol–water partition coefficient (Wildman–Crippen LogP) is 3.99. The zero-order valence-corrected chi connectivity index (χ0v) is 12.1. The molecular formula is C13H18BrNS. The van der Waals surface area contributed by atoms with E-state index in [4.69, 9.17) is 0 Å². The molecule has 1 aliphatic heterocycles. The van der Waals surface area contributed by atoms with Crippen molar-refractivity contribution in [2.75, 3.05) is 5.75 Å². The lowest BCUT2D eigenvalue weighted by atomic mass is 10.0. The molecule has 0 saturated carbocycles. The van der Waals surface area contributed by atoms with Gasteiger partial charge in [-0.05, 0) is 36.8 Å². The fourth-order valence-electron chi connectivity index (χ4n) is 2.09. The van der Waals surface area contributed by atoms with Gasteiger partial charge in [-0.15, -0.1) is 0 Å². The van der Waals surface area contributed by atoms with Crippen LogP contribution in [0, 0.1) is 0 Å². The van der Waals surface area contributed by atoms with Gasteiger partial charge < -0.3 is 5.32 Å². The van der Waals surface area contributed by atoms with Crippen LogP contribution in [0.1, 0.15) is 31.9 Å². The Morgan fingerprint density at radius 2 is 1.94 bits per heavy atom. The van der Waals surface area contributed by atoms with Gasteiger partial charge >= 0.3 is 0 Å². The molecule has 3 unspecified atom stereocenters. The summed E-state index contributed by atoms with van der Waals surface area (Å²) >= 11 is 5.56. The molecule has 1 saturated heterocycles. The number of hydrogen-bond donors (Lipinski definition) is 1. The average Bonchev–Trinajstić information content (AvgIpc) is 2.42. The van der Waals surface area contributed by atoms with E-state index >= 15 is 0 Å². The maximum atomic E-state index is 3.73. The van der Waals surface area contributed by atoms with E-state index in [-0.39, 0.29) is 0 Å². The maximum Gasteiger partial charge on any atom is 0.0439 e. The molecule has 16 heavy (non-hydrogen) atoms. The Labute approximate surface area is 111 Å². The second-order valence-electron chi connectivity index (χ2n) is 4.46. The number of hydrogen-bond acceptors (Lipinski definition) is 2. The van der Waals surface area contributed by atoms with E-state index < -0.39 is 0 Å². The van der Waals surface area contributed by atoms with E-state index in [1.54, 1.807) is 0 Å². The summed E-state index contributed by atoms with van der Waals surface area (Å²) < 4.78 is 1.15. The molecule has 0 bridgehead atoms. The molecule has 1 nitrogen and oxygen atoms in total. The molecule has 1 N–H and O–H groups in total. The fourth-order valence-corrected chi connectivity index (χ4v) is 3.64. The number of nitrogens with one attached hydrogen (secondary N) is 1. The van der Waals surface area contributed by atoms with E-state index in [1.807, 2.05) is 0 Å². The van der Waals surface area contributed by atoms with E-state index in [2.05, 4.69) is 71.1 Å². The molecule has 0 spiro atoms. The van der Waals surface area contributed by atoms with Gasteiger partial charge in [-0.25, -0.2) is 0 Å². The van der Waals surface area contributed by atoms with Crippen molar-refractivity contribution < 1.29 is 0 Å². The molecule has 3 atom stereocenters. The highest BCUT2D eigenvalue weighted by molar-refractivity contribution is 9.10. The molecule has 1 aromatic carbocycles. The van der Waals surface area contributed by atoms with Crippen LogP contribution in [0.4, 0.5) is 0 Å². The smallest absolute Gasteiger partial charge is 0.0439 e. The molecule has 2 rings (SSSR count). The second kappa shape index (κ2) is 5.56. The van der Waals surface area contributed by atoms with Crippen molar-refractivity contribution in [2.45, 2.75) is 37.6 Å². The second-order valence-corrected chi connectivity index (χ2v) is 6.86. The van der Waals surface area contributed by atoms with Crippen LogP contribution in [-0.2, 0) is 0 Å². The van der Waals surface area contributed by atoms with Gasteiger partial charge in [-0.2, -0.15) is 11.8 Å². The molecule has 1 fully saturated rings. The van der Waals surface area contributed by atoms with Gasteiger partial charge in [-0.3, -0.25) is 0 Å². The minimum Gasteiger partial charge on any atom is -0.306 e. The molecule has 88 valence electrons. The van der Waals surface area contributed by atoms with Crippen LogP contribution >= 0.6 is 27.7 Å². The third-order valence-corrected chi connectivity index (χ3v) is 4.89. The van der Waals surface area contributed by atoms with Gasteiger partial charge in [0, 0.05) is 21.8 Å². The molecule has 0 aromatic heterocycles. The highest BCUT2D eigenvalue weighted by Crippen LogP contribution is 2.31. The van der Waals surface area contributed by atoms with Crippen molar-refractivity contribution in [3.05, 3.63) is 34.3 Å². The SMILES string of the molecule is CC1CCSC(C)C(c2ccc(Br)cc2)N1. The van der Waals surface area contributed by atoms with Crippen molar-refractivity contribution in [3.8, 4) is 0 Å². The first kappa shape index (κ1) is 12.5. The first-order valence-corrected chi connectivity index (χ1v) is 7.64. The van der Waals surface area contributed by atoms with E-state index in [0.717, 1.165) is 4.47 Å². The Kier molecular flexibility index (Phi) is 4.34. The minimum absolute atomic E-state index is 0.482. The lowest BCUT2D eigenvalue weighted by Gasteiger charge is -2.24. The molecule has 1 aromatic rings. The highest BCUT2D eigenvalue weighted by Gasteiger charge is 2.24. The van der Waals surface area contributed by atoms with Crippen molar-refractivity contribution >= 4 is 27.7 Å². The Bertz CT molecular complexity index is 338. The molecular weight excluding hydrogens is 282 g/mol.